The molecular weight excluding hydrogens is 814 g/mol. The third-order valence-corrected chi connectivity index (χ3v) is 9.47. The fraction of sp³-hybridized carbons (Fsp3) is 0.591. The van der Waals surface area contributed by atoms with E-state index in [4.69, 9.17) is 23.8 Å². The van der Waals surface area contributed by atoms with Gasteiger partial charge < -0.3 is 34.4 Å². The van der Waals surface area contributed by atoms with E-state index in [9.17, 15) is 33.8 Å². The fourth-order valence-corrected chi connectivity index (χ4v) is 6.04. The van der Waals surface area contributed by atoms with Crippen LogP contribution in [0.4, 0.5) is 0 Å². The Morgan fingerprint density at radius 3 is 1.72 bits per heavy atom. The smallest absolute Gasteiger partial charge is 0.462 e. The molecule has 0 aliphatic rings. The number of carbonyl (C=O) groups excluding carboxylic acids is 2. The number of phosphoric acid groups is 2. The van der Waals surface area contributed by atoms with Gasteiger partial charge in [-0.05, 0) is 77.0 Å². The zero-order chi connectivity index (χ0) is 44.6. The number of aliphatic hydroxyl groups is 2. The minimum atomic E-state index is -4.88. The highest BCUT2D eigenvalue weighted by Gasteiger charge is 2.28. The van der Waals surface area contributed by atoms with Gasteiger partial charge in [-0.15, -0.1) is 0 Å². The molecule has 14 nitrogen and oxygen atoms in total. The van der Waals surface area contributed by atoms with Crippen molar-refractivity contribution in [2.75, 3.05) is 26.4 Å². The van der Waals surface area contributed by atoms with Crippen LogP contribution in [0.5, 0.6) is 0 Å². The summed E-state index contributed by atoms with van der Waals surface area (Å²) in [5, 5.41) is 19.5. The molecule has 16 heteroatoms. The van der Waals surface area contributed by atoms with Gasteiger partial charge in [-0.1, -0.05) is 130 Å². The van der Waals surface area contributed by atoms with Crippen molar-refractivity contribution >= 4 is 27.6 Å². The van der Waals surface area contributed by atoms with Crippen LogP contribution in [0, 0.1) is 0 Å². The fourth-order valence-electron chi connectivity index (χ4n) is 4.89. The molecule has 0 rings (SSSR count). The predicted octanol–water partition coefficient (Wildman–Crippen LogP) is 9.53. The zero-order valence-corrected chi connectivity index (χ0v) is 37.4. The quantitative estimate of drug-likeness (QED) is 0.0128. The standard InChI is InChI=1S/C44H72O14P2/c1-3-5-7-8-9-10-11-12-13-14-19-22-25-28-31-35-44(48)58-42(39-57-60(52,53)56-37-41(46)36-55-59(49,50)51)38-54-43(47)34-30-27-24-21-18-16-15-17-20-23-26-29-33-40(45)32-6-4-2/h5-7,9-10,12-13,15-16,20-21,23-24,26,29,32,40-42,45-46H,3-4,8,11,14,17-19,22,25,27-28,30-31,33-39H2,1-2H3,(H,52,53)(H2,49,50,51)/b7-5-,10-9-,13-12-,16-15-,23-20-,24-21-,29-26+,32-6-/t40?,41-,42+/m0/s1. The third-order valence-electron chi connectivity index (χ3n) is 8.03. The molecule has 0 amide bonds. The number of ether oxygens (including phenoxy) is 2. The molecule has 0 aliphatic heterocycles. The summed E-state index contributed by atoms with van der Waals surface area (Å²) in [6.45, 7) is 1.29. The van der Waals surface area contributed by atoms with Crippen molar-refractivity contribution in [2.45, 2.75) is 141 Å². The van der Waals surface area contributed by atoms with E-state index in [1.807, 2.05) is 61.6 Å². The summed E-state index contributed by atoms with van der Waals surface area (Å²) in [4.78, 5) is 52.6. The topological polar surface area (TPSA) is 216 Å². The Hall–Kier alpha value is -3.00. The van der Waals surface area contributed by atoms with Gasteiger partial charge in [0.1, 0.15) is 12.7 Å². The Labute approximate surface area is 358 Å². The number of phosphoric ester groups is 2. The van der Waals surface area contributed by atoms with Gasteiger partial charge in [0, 0.05) is 12.8 Å². The van der Waals surface area contributed by atoms with Gasteiger partial charge in [0.2, 0.25) is 0 Å². The molecule has 0 bridgehead atoms. The van der Waals surface area contributed by atoms with Crippen molar-refractivity contribution in [3.63, 3.8) is 0 Å². The third kappa shape index (κ3) is 41.7. The lowest BCUT2D eigenvalue weighted by Gasteiger charge is -2.20. The molecule has 0 heterocycles. The minimum Gasteiger partial charge on any atom is -0.462 e. The van der Waals surface area contributed by atoms with Gasteiger partial charge in [-0.2, -0.15) is 0 Å². The summed E-state index contributed by atoms with van der Waals surface area (Å²) in [5.74, 6) is -1.15. The molecule has 0 aromatic carbocycles. The number of carbonyl (C=O) groups is 2. The first-order valence-electron chi connectivity index (χ1n) is 21.0. The van der Waals surface area contributed by atoms with Crippen LogP contribution in [0.15, 0.2) is 97.2 Å². The summed E-state index contributed by atoms with van der Waals surface area (Å²) in [7, 11) is -9.72. The van der Waals surface area contributed by atoms with Crippen LogP contribution in [0.3, 0.4) is 0 Å². The highest BCUT2D eigenvalue weighted by Crippen LogP contribution is 2.43. The lowest BCUT2D eigenvalue weighted by Crippen LogP contribution is -2.30. The molecule has 4 atom stereocenters. The van der Waals surface area contributed by atoms with Gasteiger partial charge in [0.05, 0.1) is 25.9 Å². The van der Waals surface area contributed by atoms with Crippen LogP contribution in [-0.4, -0.2) is 81.6 Å². The maximum Gasteiger partial charge on any atom is 0.472 e. The maximum absolute atomic E-state index is 12.6. The van der Waals surface area contributed by atoms with Crippen molar-refractivity contribution in [3.8, 4) is 0 Å². The van der Waals surface area contributed by atoms with Crippen LogP contribution in [0.1, 0.15) is 123 Å². The van der Waals surface area contributed by atoms with Crippen LogP contribution < -0.4 is 0 Å². The molecule has 2 unspecified atom stereocenters. The second kappa shape index (κ2) is 38.9. The summed E-state index contributed by atoms with van der Waals surface area (Å²) in [5.41, 5.74) is 0. The van der Waals surface area contributed by atoms with Gasteiger partial charge in [-0.25, -0.2) is 9.13 Å². The summed E-state index contributed by atoms with van der Waals surface area (Å²) < 4.78 is 47.6. The second-order valence-electron chi connectivity index (χ2n) is 13.7. The predicted molar refractivity (Wildman–Crippen MR) is 236 cm³/mol. The van der Waals surface area contributed by atoms with E-state index in [0.29, 0.717) is 25.7 Å². The molecule has 0 saturated heterocycles. The molecule has 0 aliphatic carbocycles. The van der Waals surface area contributed by atoms with E-state index in [0.717, 1.165) is 70.6 Å². The summed E-state index contributed by atoms with van der Waals surface area (Å²) in [6, 6.07) is 0. The van der Waals surface area contributed by atoms with Gasteiger partial charge in [-0.3, -0.25) is 23.2 Å². The van der Waals surface area contributed by atoms with E-state index < -0.39 is 72.3 Å². The molecular formula is C44H72O14P2. The lowest BCUT2D eigenvalue weighted by atomic mass is 10.1. The molecule has 0 aromatic heterocycles. The average Bonchev–Trinajstić information content (AvgIpc) is 3.20. The van der Waals surface area contributed by atoms with E-state index in [1.54, 1.807) is 6.08 Å². The largest absolute Gasteiger partial charge is 0.472 e. The number of hydrogen-bond acceptors (Lipinski definition) is 11. The van der Waals surface area contributed by atoms with Gasteiger partial charge in [0.15, 0.2) is 6.10 Å². The number of unbranched alkanes of at least 4 members (excludes halogenated alkanes) is 6. The minimum absolute atomic E-state index is 0.0853. The van der Waals surface area contributed by atoms with Crippen molar-refractivity contribution in [3.05, 3.63) is 97.2 Å². The molecule has 0 fully saturated rings. The molecule has 0 spiro atoms. The van der Waals surface area contributed by atoms with E-state index in [2.05, 4.69) is 52.4 Å². The number of aliphatic hydroxyl groups excluding tert-OH is 2. The Morgan fingerprint density at radius 1 is 0.550 bits per heavy atom. The number of rotatable bonds is 38. The Morgan fingerprint density at radius 2 is 1.07 bits per heavy atom. The number of hydrogen-bond donors (Lipinski definition) is 5. The first-order valence-corrected chi connectivity index (χ1v) is 24.1. The van der Waals surface area contributed by atoms with E-state index in [-0.39, 0.29) is 12.8 Å². The van der Waals surface area contributed by atoms with Crippen LogP contribution in [0.25, 0.3) is 0 Å². The monoisotopic (exact) mass is 886 g/mol. The first kappa shape index (κ1) is 57.0. The molecule has 5 N–H and O–H groups in total. The van der Waals surface area contributed by atoms with E-state index in [1.165, 1.54) is 0 Å². The van der Waals surface area contributed by atoms with Crippen LogP contribution in [-0.2, 0) is 41.8 Å². The zero-order valence-electron chi connectivity index (χ0n) is 35.6. The Balaban J connectivity index is 4.70. The molecule has 342 valence electrons. The lowest BCUT2D eigenvalue weighted by molar-refractivity contribution is -0.161. The normalized spacial score (nSPS) is 15.5. The number of allylic oxidation sites excluding steroid dienone is 14. The summed E-state index contributed by atoms with van der Waals surface area (Å²) in [6.07, 6.45) is 41.8. The van der Waals surface area contributed by atoms with Crippen molar-refractivity contribution in [1.29, 1.82) is 0 Å². The van der Waals surface area contributed by atoms with Gasteiger partial charge in [0.25, 0.3) is 0 Å². The van der Waals surface area contributed by atoms with Crippen molar-refractivity contribution < 1.29 is 66.7 Å². The highest BCUT2D eigenvalue weighted by molar-refractivity contribution is 7.47. The highest BCUT2D eigenvalue weighted by atomic mass is 31.2. The molecule has 60 heavy (non-hydrogen) atoms. The Kier molecular flexibility index (Phi) is 36.9. The molecule has 0 radical (unpaired) electrons. The molecule has 0 aromatic rings. The maximum atomic E-state index is 12.6. The van der Waals surface area contributed by atoms with Crippen LogP contribution in [0.2, 0.25) is 0 Å². The summed E-state index contributed by atoms with van der Waals surface area (Å²) >= 11 is 0. The molecule has 0 saturated carbocycles. The van der Waals surface area contributed by atoms with E-state index >= 15 is 0 Å². The average molecular weight is 887 g/mol. The number of esters is 2. The van der Waals surface area contributed by atoms with Crippen LogP contribution >= 0.6 is 15.6 Å². The Bertz CT molecular complexity index is 1440. The SMILES string of the molecule is CC/C=C\C/C=C\C/C=C\CCCCCCCC(=O)O[C@H](COC(=O)CCC/C=C\C/C=C\C/C=C\C=C\CC(O)/C=C\CC)COP(=O)(O)OC[C@@H](O)COP(=O)(O)O. The van der Waals surface area contributed by atoms with Gasteiger partial charge >= 0.3 is 27.6 Å². The first-order chi connectivity index (χ1) is 28.8. The van der Waals surface area contributed by atoms with Crippen molar-refractivity contribution in [2.24, 2.45) is 0 Å². The van der Waals surface area contributed by atoms with Crippen molar-refractivity contribution in [1.82, 2.24) is 0 Å². The second-order valence-corrected chi connectivity index (χ2v) is 16.4.